The zero-order valence-corrected chi connectivity index (χ0v) is 13.7. The summed E-state index contributed by atoms with van der Waals surface area (Å²) >= 11 is 3.39. The molecule has 2 rings (SSSR count). The van der Waals surface area contributed by atoms with Gasteiger partial charge in [0, 0.05) is 11.0 Å². The third-order valence-corrected chi connectivity index (χ3v) is 4.28. The standard InChI is InChI=1S/C16H22BrNO3/c17-13-5-4-7-15(11-13)21-10-8-16(20)18-9-3-1-2-6-14(18)12-19/h4-5,7,11,14,19H,1-3,6,8-10,12H2. The summed E-state index contributed by atoms with van der Waals surface area (Å²) in [5.41, 5.74) is 0. The highest BCUT2D eigenvalue weighted by Gasteiger charge is 2.24. The number of carbonyl (C=O) groups excluding carboxylic acids is 1. The van der Waals surface area contributed by atoms with Gasteiger partial charge >= 0.3 is 0 Å². The quantitative estimate of drug-likeness (QED) is 0.883. The van der Waals surface area contributed by atoms with Crippen molar-refractivity contribution in [2.75, 3.05) is 19.8 Å². The topological polar surface area (TPSA) is 49.8 Å². The lowest BCUT2D eigenvalue weighted by Crippen LogP contribution is -2.42. The summed E-state index contributed by atoms with van der Waals surface area (Å²) in [6.45, 7) is 1.17. The molecule has 1 heterocycles. The predicted molar refractivity (Wildman–Crippen MR) is 85.3 cm³/mol. The highest BCUT2D eigenvalue weighted by molar-refractivity contribution is 9.10. The van der Waals surface area contributed by atoms with Crippen LogP contribution in [0.2, 0.25) is 0 Å². The molecule has 4 nitrogen and oxygen atoms in total. The SMILES string of the molecule is O=C(CCOc1cccc(Br)c1)N1CCCCCC1CO. The molecular formula is C16H22BrNO3. The molecule has 0 saturated carbocycles. The van der Waals surface area contributed by atoms with Crippen LogP contribution in [-0.4, -0.2) is 41.7 Å². The molecule has 116 valence electrons. The van der Waals surface area contributed by atoms with Crippen LogP contribution in [0.15, 0.2) is 28.7 Å². The number of aliphatic hydroxyl groups is 1. The van der Waals surface area contributed by atoms with Crippen LogP contribution in [0.5, 0.6) is 5.75 Å². The molecular weight excluding hydrogens is 334 g/mol. The number of hydrogen-bond donors (Lipinski definition) is 1. The second-order valence-corrected chi connectivity index (χ2v) is 6.24. The van der Waals surface area contributed by atoms with Gasteiger partial charge in [-0.2, -0.15) is 0 Å². The van der Waals surface area contributed by atoms with Crippen LogP contribution in [0.25, 0.3) is 0 Å². The summed E-state index contributed by atoms with van der Waals surface area (Å²) < 4.78 is 6.57. The molecule has 21 heavy (non-hydrogen) atoms. The van der Waals surface area contributed by atoms with Gasteiger partial charge in [-0.05, 0) is 31.0 Å². The first-order valence-electron chi connectivity index (χ1n) is 7.49. The molecule has 0 aromatic heterocycles. The van der Waals surface area contributed by atoms with E-state index < -0.39 is 0 Å². The molecule has 0 radical (unpaired) electrons. The molecule has 1 amide bonds. The molecule has 1 aliphatic rings. The van der Waals surface area contributed by atoms with E-state index in [9.17, 15) is 9.90 Å². The minimum atomic E-state index is -0.0223. The van der Waals surface area contributed by atoms with Gasteiger partial charge in [0.25, 0.3) is 0 Å². The number of amides is 1. The van der Waals surface area contributed by atoms with E-state index in [1.54, 1.807) is 0 Å². The van der Waals surface area contributed by atoms with Crippen molar-refractivity contribution in [1.82, 2.24) is 4.90 Å². The number of halogens is 1. The summed E-state index contributed by atoms with van der Waals surface area (Å²) in [5.74, 6) is 0.831. The molecule has 1 aromatic carbocycles. The Morgan fingerprint density at radius 2 is 2.24 bits per heavy atom. The van der Waals surface area contributed by atoms with Crippen LogP contribution in [0, 0.1) is 0 Å². The predicted octanol–water partition coefficient (Wildman–Crippen LogP) is 2.98. The molecule has 1 saturated heterocycles. The number of rotatable bonds is 5. The minimum Gasteiger partial charge on any atom is -0.493 e. The first-order valence-corrected chi connectivity index (χ1v) is 8.28. The number of ether oxygens (including phenoxy) is 1. The summed E-state index contributed by atoms with van der Waals surface area (Å²) in [6.07, 6.45) is 4.49. The van der Waals surface area contributed by atoms with Crippen LogP contribution in [0.1, 0.15) is 32.1 Å². The van der Waals surface area contributed by atoms with Crippen molar-refractivity contribution in [2.24, 2.45) is 0 Å². The van der Waals surface area contributed by atoms with E-state index in [4.69, 9.17) is 4.74 Å². The molecule has 1 unspecified atom stereocenters. The van der Waals surface area contributed by atoms with Gasteiger partial charge in [-0.1, -0.05) is 34.8 Å². The van der Waals surface area contributed by atoms with Crippen LogP contribution in [-0.2, 0) is 4.79 Å². The van der Waals surface area contributed by atoms with Gasteiger partial charge in [-0.15, -0.1) is 0 Å². The van der Waals surface area contributed by atoms with Gasteiger partial charge in [0.05, 0.1) is 25.7 Å². The Morgan fingerprint density at radius 1 is 1.38 bits per heavy atom. The molecule has 1 atom stereocenters. The van der Waals surface area contributed by atoms with E-state index in [0.717, 1.165) is 42.5 Å². The van der Waals surface area contributed by atoms with E-state index in [0.29, 0.717) is 13.0 Å². The summed E-state index contributed by atoms with van der Waals surface area (Å²) in [5, 5.41) is 9.44. The first kappa shape index (κ1) is 16.3. The smallest absolute Gasteiger partial charge is 0.226 e. The number of carbonyl (C=O) groups is 1. The van der Waals surface area contributed by atoms with Crippen molar-refractivity contribution >= 4 is 21.8 Å². The molecule has 1 fully saturated rings. The van der Waals surface area contributed by atoms with Crippen molar-refractivity contribution in [3.05, 3.63) is 28.7 Å². The maximum Gasteiger partial charge on any atom is 0.226 e. The van der Waals surface area contributed by atoms with Gasteiger partial charge < -0.3 is 14.7 Å². The minimum absolute atomic E-state index is 0.0223. The summed E-state index contributed by atoms with van der Waals surface area (Å²) in [6, 6.07) is 7.56. The Morgan fingerprint density at radius 3 is 3.00 bits per heavy atom. The number of benzene rings is 1. The summed E-state index contributed by atoms with van der Waals surface area (Å²) in [7, 11) is 0. The number of likely N-dealkylation sites (tertiary alicyclic amines) is 1. The van der Waals surface area contributed by atoms with E-state index in [-0.39, 0.29) is 18.6 Å². The molecule has 5 heteroatoms. The van der Waals surface area contributed by atoms with Gasteiger partial charge in [-0.3, -0.25) is 4.79 Å². The molecule has 1 aliphatic heterocycles. The Hall–Kier alpha value is -1.07. The van der Waals surface area contributed by atoms with Crippen LogP contribution < -0.4 is 4.74 Å². The van der Waals surface area contributed by atoms with E-state index in [2.05, 4.69) is 15.9 Å². The lowest BCUT2D eigenvalue weighted by molar-refractivity contribution is -0.134. The lowest BCUT2D eigenvalue weighted by atomic mass is 10.1. The van der Waals surface area contributed by atoms with Crippen LogP contribution in [0.3, 0.4) is 0 Å². The highest BCUT2D eigenvalue weighted by atomic mass is 79.9. The van der Waals surface area contributed by atoms with Crippen LogP contribution >= 0.6 is 15.9 Å². The van der Waals surface area contributed by atoms with Gasteiger partial charge in [0.15, 0.2) is 0 Å². The largest absolute Gasteiger partial charge is 0.493 e. The van der Waals surface area contributed by atoms with Crippen molar-refractivity contribution in [1.29, 1.82) is 0 Å². The van der Waals surface area contributed by atoms with Gasteiger partial charge in [0.1, 0.15) is 5.75 Å². The fraction of sp³-hybridized carbons (Fsp3) is 0.562. The van der Waals surface area contributed by atoms with Crippen molar-refractivity contribution in [3.8, 4) is 5.75 Å². The third-order valence-electron chi connectivity index (χ3n) is 3.79. The first-order chi connectivity index (χ1) is 10.2. The normalized spacial score (nSPS) is 19.1. The van der Waals surface area contributed by atoms with E-state index >= 15 is 0 Å². The van der Waals surface area contributed by atoms with Gasteiger partial charge in [0.2, 0.25) is 5.91 Å². The Kier molecular flexibility index (Phi) is 6.51. The molecule has 1 aromatic rings. The lowest BCUT2D eigenvalue weighted by Gasteiger charge is -2.28. The number of nitrogens with zero attached hydrogens (tertiary/aromatic N) is 1. The zero-order chi connectivity index (χ0) is 15.1. The Balaban J connectivity index is 1.82. The fourth-order valence-electron chi connectivity index (χ4n) is 2.65. The third kappa shape index (κ3) is 5.00. The average molecular weight is 356 g/mol. The summed E-state index contributed by atoms with van der Waals surface area (Å²) in [4.78, 5) is 14.1. The molecule has 0 bridgehead atoms. The Bertz CT molecular complexity index is 467. The van der Waals surface area contributed by atoms with Crippen molar-refractivity contribution in [2.45, 2.75) is 38.1 Å². The number of hydrogen-bond acceptors (Lipinski definition) is 3. The van der Waals surface area contributed by atoms with E-state index in [1.807, 2.05) is 29.2 Å². The Labute approximate surface area is 134 Å². The van der Waals surface area contributed by atoms with Crippen LogP contribution in [0.4, 0.5) is 0 Å². The maximum atomic E-state index is 12.3. The molecule has 0 aliphatic carbocycles. The van der Waals surface area contributed by atoms with E-state index in [1.165, 1.54) is 0 Å². The fourth-order valence-corrected chi connectivity index (χ4v) is 3.03. The maximum absolute atomic E-state index is 12.3. The second-order valence-electron chi connectivity index (χ2n) is 5.33. The zero-order valence-electron chi connectivity index (χ0n) is 12.1. The average Bonchev–Trinajstić information content (AvgIpc) is 2.72. The van der Waals surface area contributed by atoms with Crippen molar-refractivity contribution in [3.63, 3.8) is 0 Å². The molecule has 1 N–H and O–H groups in total. The van der Waals surface area contributed by atoms with Crippen molar-refractivity contribution < 1.29 is 14.6 Å². The highest BCUT2D eigenvalue weighted by Crippen LogP contribution is 2.19. The van der Waals surface area contributed by atoms with Gasteiger partial charge in [-0.25, -0.2) is 0 Å². The molecule has 0 spiro atoms. The number of aliphatic hydroxyl groups excluding tert-OH is 1. The monoisotopic (exact) mass is 355 g/mol. The second kappa shape index (κ2) is 8.39.